The molecule has 9 atom stereocenters. The van der Waals surface area contributed by atoms with Crippen molar-refractivity contribution in [1.29, 1.82) is 0 Å². The second-order valence-corrected chi connectivity index (χ2v) is 14.8. The summed E-state index contributed by atoms with van der Waals surface area (Å²) in [5.41, 5.74) is 0.611. The van der Waals surface area contributed by atoms with Crippen molar-refractivity contribution < 1.29 is 19.4 Å². The van der Waals surface area contributed by atoms with Gasteiger partial charge in [-0.2, -0.15) is 0 Å². The van der Waals surface area contributed by atoms with Crippen LogP contribution in [-0.4, -0.2) is 35.5 Å². The highest BCUT2D eigenvalue weighted by Gasteiger charge is 2.71. The van der Waals surface area contributed by atoms with Crippen LogP contribution in [0.3, 0.4) is 0 Å². The number of carbonyl (C=O) groups excluding carboxylic acids is 1. The third-order valence-corrected chi connectivity index (χ3v) is 12.3. The third kappa shape index (κ3) is 4.46. The maximum atomic E-state index is 12.5. The number of rotatable bonds is 6. The Labute approximate surface area is 226 Å². The van der Waals surface area contributed by atoms with E-state index in [2.05, 4.69) is 53.7 Å². The van der Waals surface area contributed by atoms with Gasteiger partial charge in [-0.25, -0.2) is 0 Å². The fourth-order valence-corrected chi connectivity index (χ4v) is 9.74. The van der Waals surface area contributed by atoms with Crippen molar-refractivity contribution in [2.75, 3.05) is 7.11 Å². The van der Waals surface area contributed by atoms with Gasteiger partial charge in [-0.1, -0.05) is 59.3 Å². The van der Waals surface area contributed by atoms with Crippen LogP contribution in [0, 0.1) is 45.8 Å². The lowest BCUT2D eigenvalue weighted by atomic mass is 9.41. The molecule has 0 aromatic carbocycles. The van der Waals surface area contributed by atoms with Crippen LogP contribution in [0.5, 0.6) is 0 Å². The number of allylic oxidation sites excluding steroid dienone is 1. The first-order valence-corrected chi connectivity index (χ1v) is 14.9. The molecule has 1 N–H and O–H groups in total. The Morgan fingerprint density at radius 2 is 1.81 bits per heavy atom. The van der Waals surface area contributed by atoms with Gasteiger partial charge in [0, 0.05) is 25.9 Å². The smallest absolute Gasteiger partial charge is 0.303 e. The highest BCUT2D eigenvalue weighted by atomic mass is 16.5. The topological polar surface area (TPSA) is 55.8 Å². The summed E-state index contributed by atoms with van der Waals surface area (Å²) < 4.78 is 13.0. The van der Waals surface area contributed by atoms with Crippen molar-refractivity contribution in [2.24, 2.45) is 45.8 Å². The number of aliphatic hydroxyl groups is 1. The number of carbonyl (C=O) groups is 1. The minimum Gasteiger partial charge on any atom is -0.458 e. The molecule has 0 amide bonds. The number of esters is 1. The Kier molecular flexibility index (Phi) is 7.42. The van der Waals surface area contributed by atoms with E-state index >= 15 is 0 Å². The van der Waals surface area contributed by atoms with Gasteiger partial charge in [0.15, 0.2) is 0 Å². The SMILES string of the molecule is CO[C@@]12CC[C@]3(C)[C@@H]([C@H](C)C/C=C/C(C)(C)O)CC[C@@]3(C)[C@@H]1[C@@H](OC(C)=O)C=C1[C@H]2CC[C@H](C)C1(C)C. The number of methoxy groups -OCH3 is 1. The number of hydrogen-bond acceptors (Lipinski definition) is 4. The molecule has 0 saturated heterocycles. The predicted octanol–water partition coefficient (Wildman–Crippen LogP) is 7.50. The van der Waals surface area contributed by atoms with Crippen LogP contribution in [0.25, 0.3) is 0 Å². The van der Waals surface area contributed by atoms with Crippen LogP contribution in [0.15, 0.2) is 23.8 Å². The molecule has 4 rings (SSSR count). The van der Waals surface area contributed by atoms with E-state index in [1.165, 1.54) is 18.4 Å². The standard InChI is InChI=1S/C33H54O4/c1-21(12-11-16-29(4,5)35)24-15-17-32(9)28-27(37-23(3)34)20-26-25(14-13-22(2)30(26,6)7)33(28,36-10)19-18-31(24,32)8/h11,16,20-22,24-25,27-28,35H,12-15,17-19H2,1-10H3/b16-11+/t21-,22+,24-,25-,27+,28+,31-,32+,33-/m1/s1. The largest absolute Gasteiger partial charge is 0.458 e. The summed E-state index contributed by atoms with van der Waals surface area (Å²) >= 11 is 0. The summed E-state index contributed by atoms with van der Waals surface area (Å²) in [4.78, 5) is 12.5. The van der Waals surface area contributed by atoms with E-state index < -0.39 is 5.60 Å². The van der Waals surface area contributed by atoms with Crippen LogP contribution in [0.2, 0.25) is 0 Å². The quantitative estimate of drug-likeness (QED) is 0.294. The molecule has 4 aliphatic carbocycles. The van der Waals surface area contributed by atoms with Crippen LogP contribution in [-0.2, 0) is 14.3 Å². The Morgan fingerprint density at radius 1 is 1.14 bits per heavy atom. The fourth-order valence-electron chi connectivity index (χ4n) is 9.74. The predicted molar refractivity (Wildman–Crippen MR) is 150 cm³/mol. The van der Waals surface area contributed by atoms with E-state index in [9.17, 15) is 9.90 Å². The summed E-state index contributed by atoms with van der Waals surface area (Å²) in [7, 11) is 1.92. The summed E-state index contributed by atoms with van der Waals surface area (Å²) in [6.07, 6.45) is 14.1. The second kappa shape index (κ2) is 9.51. The molecular formula is C33H54O4. The van der Waals surface area contributed by atoms with E-state index in [1.54, 1.807) is 6.92 Å². The summed E-state index contributed by atoms with van der Waals surface area (Å²) in [6, 6.07) is 0. The van der Waals surface area contributed by atoms with Crippen LogP contribution >= 0.6 is 0 Å². The van der Waals surface area contributed by atoms with E-state index in [-0.39, 0.29) is 39.8 Å². The third-order valence-electron chi connectivity index (χ3n) is 12.3. The van der Waals surface area contributed by atoms with Gasteiger partial charge in [0.25, 0.3) is 0 Å². The molecule has 4 aliphatic rings. The van der Waals surface area contributed by atoms with Gasteiger partial charge in [-0.05, 0) is 98.9 Å². The molecule has 0 aliphatic heterocycles. The van der Waals surface area contributed by atoms with Gasteiger partial charge < -0.3 is 14.6 Å². The lowest BCUT2D eigenvalue weighted by molar-refractivity contribution is -0.238. The molecule has 0 unspecified atom stereocenters. The molecule has 0 aromatic rings. The van der Waals surface area contributed by atoms with Gasteiger partial charge in [0.2, 0.25) is 0 Å². The molecular weight excluding hydrogens is 460 g/mol. The maximum absolute atomic E-state index is 12.5. The first-order chi connectivity index (χ1) is 17.0. The number of fused-ring (bicyclic) bond motifs is 5. The van der Waals surface area contributed by atoms with Gasteiger partial charge in [0.05, 0.1) is 11.2 Å². The summed E-state index contributed by atoms with van der Waals surface area (Å²) in [6.45, 7) is 19.8. The zero-order valence-corrected chi connectivity index (χ0v) is 25.3. The molecule has 4 heteroatoms. The molecule has 0 heterocycles. The normalized spacial score (nSPS) is 44.0. The minimum absolute atomic E-state index is 0.00943. The molecule has 3 saturated carbocycles. The average Bonchev–Trinajstić information content (AvgIpc) is 3.06. The summed E-state index contributed by atoms with van der Waals surface area (Å²) in [5.74, 6) is 2.05. The Balaban J connectivity index is 1.77. The van der Waals surface area contributed by atoms with Crippen LogP contribution in [0.1, 0.15) is 107 Å². The van der Waals surface area contributed by atoms with E-state index in [4.69, 9.17) is 9.47 Å². The van der Waals surface area contributed by atoms with Gasteiger partial charge >= 0.3 is 5.97 Å². The number of ether oxygens (including phenoxy) is 2. The Hall–Kier alpha value is -1.13. The number of hydrogen-bond donors (Lipinski definition) is 1. The van der Waals surface area contributed by atoms with Crippen molar-refractivity contribution in [3.05, 3.63) is 23.8 Å². The van der Waals surface area contributed by atoms with Crippen LogP contribution < -0.4 is 0 Å². The van der Waals surface area contributed by atoms with E-state index in [0.717, 1.165) is 32.1 Å². The minimum atomic E-state index is -0.772. The summed E-state index contributed by atoms with van der Waals surface area (Å²) in [5, 5.41) is 10.2. The maximum Gasteiger partial charge on any atom is 0.303 e. The lowest BCUT2D eigenvalue weighted by Crippen LogP contribution is -2.68. The van der Waals surface area contributed by atoms with E-state index in [1.807, 2.05) is 27.0 Å². The first-order valence-electron chi connectivity index (χ1n) is 14.9. The lowest BCUT2D eigenvalue weighted by Gasteiger charge is -2.67. The molecule has 4 nitrogen and oxygen atoms in total. The zero-order chi connectivity index (χ0) is 27.6. The van der Waals surface area contributed by atoms with Crippen molar-refractivity contribution in [3.63, 3.8) is 0 Å². The monoisotopic (exact) mass is 514 g/mol. The Bertz CT molecular complexity index is 940. The van der Waals surface area contributed by atoms with Crippen LogP contribution in [0.4, 0.5) is 0 Å². The molecule has 0 radical (unpaired) electrons. The average molecular weight is 515 g/mol. The second-order valence-electron chi connectivity index (χ2n) is 14.8. The van der Waals surface area contributed by atoms with Crippen molar-refractivity contribution in [2.45, 2.75) is 125 Å². The Morgan fingerprint density at radius 3 is 2.41 bits per heavy atom. The van der Waals surface area contributed by atoms with E-state index in [0.29, 0.717) is 23.7 Å². The van der Waals surface area contributed by atoms with Gasteiger partial charge in [-0.15, -0.1) is 0 Å². The molecule has 3 fully saturated rings. The molecule has 0 bridgehead atoms. The molecule has 0 spiro atoms. The van der Waals surface area contributed by atoms with Crippen molar-refractivity contribution in [3.8, 4) is 0 Å². The van der Waals surface area contributed by atoms with Crippen molar-refractivity contribution in [1.82, 2.24) is 0 Å². The highest BCUT2D eigenvalue weighted by molar-refractivity contribution is 5.66. The zero-order valence-electron chi connectivity index (χ0n) is 25.3. The fraction of sp³-hybridized carbons (Fsp3) is 0.848. The first kappa shape index (κ1) is 28.9. The molecule has 210 valence electrons. The highest BCUT2D eigenvalue weighted by Crippen LogP contribution is 2.73. The molecule has 0 aromatic heterocycles. The van der Waals surface area contributed by atoms with Gasteiger partial charge in [-0.3, -0.25) is 4.79 Å². The van der Waals surface area contributed by atoms with Crippen molar-refractivity contribution >= 4 is 5.97 Å². The van der Waals surface area contributed by atoms with Gasteiger partial charge in [0.1, 0.15) is 6.10 Å². The molecule has 37 heavy (non-hydrogen) atoms.